The number of aryl methyl sites for hydroxylation is 1. The molecule has 0 heterocycles. The van der Waals surface area contributed by atoms with Crippen molar-refractivity contribution in [2.75, 3.05) is 5.32 Å². The lowest BCUT2D eigenvalue weighted by Gasteiger charge is -2.10. The van der Waals surface area contributed by atoms with Gasteiger partial charge in [0, 0.05) is 22.6 Å². The molecule has 0 amide bonds. The van der Waals surface area contributed by atoms with E-state index < -0.39 is 11.6 Å². The van der Waals surface area contributed by atoms with Crippen molar-refractivity contribution in [3.8, 4) is 5.75 Å². The maximum absolute atomic E-state index is 13.6. The van der Waals surface area contributed by atoms with Crippen molar-refractivity contribution in [1.82, 2.24) is 0 Å². The highest BCUT2D eigenvalue weighted by atomic mass is 79.9. The summed E-state index contributed by atoms with van der Waals surface area (Å²) in [5.74, 6) is -0.889. The SMILES string of the molecule is Cc1cc(F)c(NCc2cc(Br)ccc2O)cc1F. The minimum absolute atomic E-state index is 0.0717. The van der Waals surface area contributed by atoms with E-state index in [0.29, 0.717) is 5.56 Å². The average Bonchev–Trinajstić information content (AvgIpc) is 2.36. The molecule has 2 rings (SSSR count). The highest BCUT2D eigenvalue weighted by Gasteiger charge is 2.08. The van der Waals surface area contributed by atoms with Crippen LogP contribution in [0.25, 0.3) is 0 Å². The Morgan fingerprint density at radius 1 is 1.16 bits per heavy atom. The number of nitrogens with one attached hydrogen (secondary N) is 1. The molecule has 2 nitrogen and oxygen atoms in total. The van der Waals surface area contributed by atoms with Gasteiger partial charge in [0.25, 0.3) is 0 Å². The van der Waals surface area contributed by atoms with E-state index >= 15 is 0 Å². The van der Waals surface area contributed by atoms with Crippen molar-refractivity contribution in [2.24, 2.45) is 0 Å². The number of benzene rings is 2. The first-order valence-corrected chi connectivity index (χ1v) is 6.43. The largest absolute Gasteiger partial charge is 0.508 e. The maximum atomic E-state index is 13.6. The molecule has 0 aliphatic rings. The molecule has 0 bridgehead atoms. The highest BCUT2D eigenvalue weighted by Crippen LogP contribution is 2.24. The molecule has 0 saturated heterocycles. The van der Waals surface area contributed by atoms with Gasteiger partial charge in [0.05, 0.1) is 5.69 Å². The summed E-state index contributed by atoms with van der Waals surface area (Å²) < 4.78 is 27.8. The van der Waals surface area contributed by atoms with Crippen LogP contribution in [-0.2, 0) is 6.54 Å². The number of hydrogen-bond donors (Lipinski definition) is 2. The molecule has 100 valence electrons. The van der Waals surface area contributed by atoms with Gasteiger partial charge < -0.3 is 10.4 Å². The van der Waals surface area contributed by atoms with E-state index in [9.17, 15) is 13.9 Å². The van der Waals surface area contributed by atoms with E-state index in [1.807, 2.05) is 0 Å². The number of aromatic hydroxyl groups is 1. The molecular weight excluding hydrogens is 316 g/mol. The summed E-state index contributed by atoms with van der Waals surface area (Å²) >= 11 is 3.29. The second kappa shape index (κ2) is 5.57. The summed E-state index contributed by atoms with van der Waals surface area (Å²) in [6, 6.07) is 7.20. The number of hydrogen-bond acceptors (Lipinski definition) is 2. The summed E-state index contributed by atoms with van der Waals surface area (Å²) in [6.45, 7) is 1.70. The first-order chi connectivity index (χ1) is 8.97. The third kappa shape index (κ3) is 3.23. The van der Waals surface area contributed by atoms with Gasteiger partial charge in [-0.25, -0.2) is 8.78 Å². The van der Waals surface area contributed by atoms with Gasteiger partial charge in [-0.15, -0.1) is 0 Å². The summed E-state index contributed by atoms with van der Waals surface area (Å²) in [5.41, 5.74) is 0.922. The first kappa shape index (κ1) is 13.8. The van der Waals surface area contributed by atoms with Crippen molar-refractivity contribution in [3.63, 3.8) is 0 Å². The number of anilines is 1. The predicted octanol–water partition coefficient (Wildman–Crippen LogP) is 4.35. The molecule has 2 aromatic rings. The van der Waals surface area contributed by atoms with E-state index in [0.717, 1.165) is 16.6 Å². The zero-order valence-electron chi connectivity index (χ0n) is 10.2. The Labute approximate surface area is 118 Å². The van der Waals surface area contributed by atoms with Gasteiger partial charge >= 0.3 is 0 Å². The number of phenolic OH excluding ortho intramolecular Hbond substituents is 1. The third-order valence-corrected chi connectivity index (χ3v) is 3.25. The Balaban J connectivity index is 2.19. The van der Waals surface area contributed by atoms with Crippen molar-refractivity contribution >= 4 is 21.6 Å². The zero-order chi connectivity index (χ0) is 14.0. The van der Waals surface area contributed by atoms with E-state index in [4.69, 9.17) is 0 Å². The minimum atomic E-state index is -0.520. The second-order valence-electron chi connectivity index (χ2n) is 4.21. The Morgan fingerprint density at radius 3 is 2.63 bits per heavy atom. The Kier molecular flexibility index (Phi) is 4.04. The predicted molar refractivity (Wildman–Crippen MR) is 74.2 cm³/mol. The van der Waals surface area contributed by atoms with Crippen LogP contribution in [0.2, 0.25) is 0 Å². The zero-order valence-corrected chi connectivity index (χ0v) is 11.8. The Morgan fingerprint density at radius 2 is 1.89 bits per heavy atom. The normalized spacial score (nSPS) is 10.5. The van der Waals surface area contributed by atoms with Crippen LogP contribution in [0.1, 0.15) is 11.1 Å². The minimum Gasteiger partial charge on any atom is -0.508 e. The summed E-state index contributed by atoms with van der Waals surface area (Å²) in [5, 5.41) is 12.4. The smallest absolute Gasteiger partial charge is 0.146 e. The van der Waals surface area contributed by atoms with Gasteiger partial charge in [-0.1, -0.05) is 15.9 Å². The monoisotopic (exact) mass is 327 g/mol. The van der Waals surface area contributed by atoms with Crippen LogP contribution in [-0.4, -0.2) is 5.11 Å². The molecule has 0 saturated carbocycles. The van der Waals surface area contributed by atoms with E-state index in [1.165, 1.54) is 13.0 Å². The van der Waals surface area contributed by atoms with Gasteiger partial charge in [-0.05, 0) is 36.8 Å². The third-order valence-electron chi connectivity index (χ3n) is 2.76. The standard InChI is InChI=1S/C14H12BrF2NO/c1-8-4-12(17)13(6-11(8)16)18-7-9-5-10(15)2-3-14(9)19/h2-6,18-19H,7H2,1H3. The van der Waals surface area contributed by atoms with E-state index in [1.54, 1.807) is 12.1 Å². The number of phenols is 1. The molecule has 2 aromatic carbocycles. The second-order valence-corrected chi connectivity index (χ2v) is 5.12. The van der Waals surface area contributed by atoms with Crippen molar-refractivity contribution in [3.05, 3.63) is 57.6 Å². The van der Waals surface area contributed by atoms with Crippen LogP contribution < -0.4 is 5.32 Å². The fraction of sp³-hybridized carbons (Fsp3) is 0.143. The van der Waals surface area contributed by atoms with Crippen LogP contribution in [0.3, 0.4) is 0 Å². The lowest BCUT2D eigenvalue weighted by Crippen LogP contribution is -2.03. The molecule has 0 unspecified atom stereocenters. The molecular formula is C14H12BrF2NO. The molecule has 0 aromatic heterocycles. The lowest BCUT2D eigenvalue weighted by molar-refractivity contribution is 0.469. The quantitative estimate of drug-likeness (QED) is 0.878. The van der Waals surface area contributed by atoms with Crippen LogP contribution >= 0.6 is 15.9 Å². The molecule has 0 aliphatic carbocycles. The highest BCUT2D eigenvalue weighted by molar-refractivity contribution is 9.10. The fourth-order valence-corrected chi connectivity index (χ4v) is 2.08. The molecule has 2 N–H and O–H groups in total. The molecule has 0 radical (unpaired) electrons. The van der Waals surface area contributed by atoms with Gasteiger partial charge in [-0.3, -0.25) is 0 Å². The van der Waals surface area contributed by atoms with E-state index in [2.05, 4.69) is 21.2 Å². The Hall–Kier alpha value is -1.62. The van der Waals surface area contributed by atoms with Gasteiger partial charge in [0.2, 0.25) is 0 Å². The van der Waals surface area contributed by atoms with Gasteiger partial charge in [-0.2, -0.15) is 0 Å². The molecule has 0 fully saturated rings. The average molecular weight is 328 g/mol. The van der Waals surface area contributed by atoms with Crippen LogP contribution in [0.15, 0.2) is 34.8 Å². The molecule has 19 heavy (non-hydrogen) atoms. The lowest BCUT2D eigenvalue weighted by atomic mass is 10.1. The molecule has 5 heteroatoms. The Bertz CT molecular complexity index is 617. The van der Waals surface area contributed by atoms with Crippen LogP contribution in [0.4, 0.5) is 14.5 Å². The van der Waals surface area contributed by atoms with Gasteiger partial charge in [0.15, 0.2) is 0 Å². The maximum Gasteiger partial charge on any atom is 0.146 e. The number of halogens is 3. The van der Waals surface area contributed by atoms with E-state index in [-0.39, 0.29) is 23.5 Å². The summed E-state index contributed by atoms with van der Waals surface area (Å²) in [7, 11) is 0. The fourth-order valence-electron chi connectivity index (χ4n) is 1.67. The molecule has 0 aliphatic heterocycles. The summed E-state index contributed by atoms with van der Waals surface area (Å²) in [6.07, 6.45) is 0. The molecule has 0 atom stereocenters. The first-order valence-electron chi connectivity index (χ1n) is 5.64. The van der Waals surface area contributed by atoms with Crippen molar-refractivity contribution in [1.29, 1.82) is 0 Å². The van der Waals surface area contributed by atoms with Crippen molar-refractivity contribution in [2.45, 2.75) is 13.5 Å². The number of rotatable bonds is 3. The molecule has 0 spiro atoms. The van der Waals surface area contributed by atoms with Crippen LogP contribution in [0, 0.1) is 18.6 Å². The summed E-state index contributed by atoms with van der Waals surface area (Å²) in [4.78, 5) is 0. The van der Waals surface area contributed by atoms with Gasteiger partial charge in [0.1, 0.15) is 17.4 Å². The van der Waals surface area contributed by atoms with Crippen molar-refractivity contribution < 1.29 is 13.9 Å². The van der Waals surface area contributed by atoms with Crippen LogP contribution in [0.5, 0.6) is 5.75 Å². The topological polar surface area (TPSA) is 32.3 Å².